The Kier molecular flexibility index (Phi) is 12.6. The minimum Gasteiger partial charge on any atom is -0.310 e. The summed E-state index contributed by atoms with van der Waals surface area (Å²) in [6, 6.07) is 52.9. The fourth-order valence-electron chi connectivity index (χ4n) is 8.82. The highest BCUT2D eigenvalue weighted by Gasteiger charge is 2.27. The van der Waals surface area contributed by atoms with Gasteiger partial charge in [0.05, 0.1) is 11.4 Å². The van der Waals surface area contributed by atoms with Gasteiger partial charge >= 0.3 is 0 Å². The van der Waals surface area contributed by atoms with E-state index in [-0.39, 0.29) is 10.8 Å². The van der Waals surface area contributed by atoms with Crippen LogP contribution in [0.3, 0.4) is 0 Å². The zero-order valence-electron chi connectivity index (χ0n) is 37.4. The summed E-state index contributed by atoms with van der Waals surface area (Å²) < 4.78 is 0. The number of rotatable bonds is 13. The van der Waals surface area contributed by atoms with Crippen LogP contribution in [-0.4, -0.2) is 0 Å². The smallest absolute Gasteiger partial charge is 0.0522 e. The zero-order valence-corrected chi connectivity index (χ0v) is 37.4. The summed E-state index contributed by atoms with van der Waals surface area (Å²) in [7, 11) is 0. The molecule has 0 saturated heterocycles. The van der Waals surface area contributed by atoms with E-state index in [1.165, 1.54) is 67.3 Å². The molecule has 0 N–H and O–H groups in total. The lowest BCUT2D eigenvalue weighted by molar-refractivity contribution is 0.555. The van der Waals surface area contributed by atoms with Crippen molar-refractivity contribution in [1.29, 1.82) is 0 Å². The van der Waals surface area contributed by atoms with Gasteiger partial charge in [0.1, 0.15) is 0 Å². The summed E-state index contributed by atoms with van der Waals surface area (Å²) in [5, 5.41) is 0. The van der Waals surface area contributed by atoms with Crippen LogP contribution in [0.15, 0.2) is 206 Å². The van der Waals surface area contributed by atoms with Gasteiger partial charge in [0.2, 0.25) is 0 Å². The highest BCUT2D eigenvalue weighted by atomic mass is 15.2. The molecule has 0 bridgehead atoms. The lowest BCUT2D eigenvalue weighted by Gasteiger charge is -2.34. The quantitative estimate of drug-likeness (QED) is 0.115. The average molecular weight is 809 g/mol. The maximum absolute atomic E-state index is 2.47. The molecule has 0 spiro atoms. The maximum Gasteiger partial charge on any atom is 0.0522 e. The van der Waals surface area contributed by atoms with Crippen molar-refractivity contribution in [2.45, 2.75) is 67.2 Å². The largest absolute Gasteiger partial charge is 0.310 e. The highest BCUT2D eigenvalue weighted by Crippen LogP contribution is 2.43. The second-order valence-electron chi connectivity index (χ2n) is 17.5. The molecular weight excluding hydrogens is 749 g/mol. The van der Waals surface area contributed by atoms with E-state index in [4.69, 9.17) is 0 Å². The standard InChI is InChI=1S/C60H60N2/c1-7-49-23-15-17-45(3)57(49)61(55-35-41-59(5,42-36-55)39-33-47-19-11-9-12-20-47)53-29-25-51(26-30-53)52-27-31-54(32-28-52)62(58-46(4)18-16-24-50(58)8-2)56-37-43-60(6,44-38-56)40-34-48-21-13-10-14-22-48/h9-41,43H,7-8,42,44H2,1-6H3. The Morgan fingerprint density at radius 2 is 0.855 bits per heavy atom. The number of aryl methyl sites for hydroxylation is 4. The lowest BCUT2D eigenvalue weighted by Crippen LogP contribution is -2.22. The van der Waals surface area contributed by atoms with Crippen LogP contribution in [0.1, 0.15) is 73.9 Å². The topological polar surface area (TPSA) is 6.48 Å². The Balaban J connectivity index is 1.08. The van der Waals surface area contributed by atoms with Crippen LogP contribution in [-0.2, 0) is 12.8 Å². The molecule has 2 unspecified atom stereocenters. The van der Waals surface area contributed by atoms with E-state index in [1.54, 1.807) is 0 Å². The maximum atomic E-state index is 2.47. The lowest BCUT2D eigenvalue weighted by atomic mass is 9.82. The minimum atomic E-state index is -0.0580. The molecule has 2 aliphatic rings. The number of allylic oxidation sites excluding steroid dienone is 8. The number of benzene rings is 6. The van der Waals surface area contributed by atoms with Crippen molar-refractivity contribution in [2.75, 3.05) is 9.80 Å². The fraction of sp³-hybridized carbons (Fsp3) is 0.200. The van der Waals surface area contributed by atoms with E-state index in [2.05, 4.69) is 258 Å². The number of anilines is 4. The van der Waals surface area contributed by atoms with Crippen molar-refractivity contribution < 1.29 is 0 Å². The van der Waals surface area contributed by atoms with E-state index in [0.29, 0.717) is 0 Å². The third kappa shape index (κ3) is 9.31. The van der Waals surface area contributed by atoms with Gasteiger partial charge in [-0.2, -0.15) is 0 Å². The minimum absolute atomic E-state index is 0.0580. The first-order valence-corrected chi connectivity index (χ1v) is 22.4. The molecule has 2 heteroatoms. The van der Waals surface area contributed by atoms with Crippen molar-refractivity contribution in [2.24, 2.45) is 10.8 Å². The molecule has 62 heavy (non-hydrogen) atoms. The molecule has 0 aliphatic heterocycles. The molecule has 2 nitrogen and oxygen atoms in total. The van der Waals surface area contributed by atoms with Gasteiger partial charge in [-0.05, 0) is 120 Å². The van der Waals surface area contributed by atoms with Crippen molar-refractivity contribution in [3.63, 3.8) is 0 Å². The van der Waals surface area contributed by atoms with Gasteiger partial charge < -0.3 is 9.80 Å². The van der Waals surface area contributed by atoms with Gasteiger partial charge in [0.25, 0.3) is 0 Å². The molecule has 2 atom stereocenters. The molecule has 0 fully saturated rings. The number of para-hydroxylation sites is 2. The second kappa shape index (κ2) is 18.5. The van der Waals surface area contributed by atoms with Gasteiger partial charge in [0, 0.05) is 33.6 Å². The molecule has 0 saturated carbocycles. The molecule has 8 rings (SSSR count). The summed E-state index contributed by atoms with van der Waals surface area (Å²) in [6.45, 7) is 13.6. The van der Waals surface area contributed by atoms with Crippen LogP contribution >= 0.6 is 0 Å². The molecule has 2 aliphatic carbocycles. The fourth-order valence-corrected chi connectivity index (χ4v) is 8.82. The molecule has 0 radical (unpaired) electrons. The Morgan fingerprint density at radius 3 is 1.19 bits per heavy atom. The van der Waals surface area contributed by atoms with Crippen molar-refractivity contribution >= 4 is 34.9 Å². The Bertz CT molecular complexity index is 2490. The van der Waals surface area contributed by atoms with Crippen LogP contribution < -0.4 is 9.80 Å². The summed E-state index contributed by atoms with van der Waals surface area (Å²) >= 11 is 0. The van der Waals surface area contributed by atoms with E-state index < -0.39 is 0 Å². The second-order valence-corrected chi connectivity index (χ2v) is 17.5. The first kappa shape index (κ1) is 42.1. The monoisotopic (exact) mass is 808 g/mol. The van der Waals surface area contributed by atoms with E-state index >= 15 is 0 Å². The van der Waals surface area contributed by atoms with Crippen LogP contribution in [0.25, 0.3) is 23.3 Å². The molecule has 0 aromatic heterocycles. The van der Waals surface area contributed by atoms with Crippen molar-refractivity contribution in [3.8, 4) is 11.1 Å². The molecule has 0 heterocycles. The third-order valence-electron chi connectivity index (χ3n) is 12.6. The number of hydrogen-bond donors (Lipinski definition) is 0. The molecule has 0 amide bonds. The van der Waals surface area contributed by atoms with Gasteiger partial charge in [-0.15, -0.1) is 0 Å². The van der Waals surface area contributed by atoms with Gasteiger partial charge in [0.15, 0.2) is 0 Å². The van der Waals surface area contributed by atoms with Crippen molar-refractivity contribution in [1.82, 2.24) is 0 Å². The molecular formula is C60H60N2. The van der Waals surface area contributed by atoms with Crippen LogP contribution in [0.2, 0.25) is 0 Å². The number of hydrogen-bond acceptors (Lipinski definition) is 2. The van der Waals surface area contributed by atoms with Crippen LogP contribution in [0.4, 0.5) is 22.7 Å². The normalized spacial score (nSPS) is 18.5. The van der Waals surface area contributed by atoms with Crippen LogP contribution in [0.5, 0.6) is 0 Å². The SMILES string of the molecule is CCc1cccc(C)c1N(C1=CCC(C)(C=Cc2ccccc2)C=C1)c1ccc(-c2ccc(N(C3=CCC(C)(C=Cc4ccccc4)C=C3)c3c(C)cccc3CC)cc2)cc1. The summed E-state index contributed by atoms with van der Waals surface area (Å²) in [5.41, 5.74) is 17.2. The van der Waals surface area contributed by atoms with Crippen LogP contribution in [0, 0.1) is 24.7 Å². The third-order valence-corrected chi connectivity index (χ3v) is 12.6. The Morgan fingerprint density at radius 1 is 0.468 bits per heavy atom. The highest BCUT2D eigenvalue weighted by molar-refractivity contribution is 5.80. The van der Waals surface area contributed by atoms with E-state index in [1.807, 2.05) is 0 Å². The Hall–Kier alpha value is -6.64. The van der Waals surface area contributed by atoms with E-state index in [0.717, 1.165) is 37.1 Å². The predicted molar refractivity (Wildman–Crippen MR) is 268 cm³/mol. The average Bonchev–Trinajstić information content (AvgIpc) is 3.31. The first-order valence-electron chi connectivity index (χ1n) is 22.4. The summed E-state index contributed by atoms with van der Waals surface area (Å²) in [4.78, 5) is 4.94. The van der Waals surface area contributed by atoms with Gasteiger partial charge in [-0.3, -0.25) is 0 Å². The summed E-state index contributed by atoms with van der Waals surface area (Å²) in [5.74, 6) is 0. The van der Waals surface area contributed by atoms with Crippen molar-refractivity contribution in [3.05, 3.63) is 239 Å². The number of nitrogens with zero attached hydrogens (tertiary/aromatic N) is 2. The predicted octanol–water partition coefficient (Wildman–Crippen LogP) is 16.5. The molecule has 310 valence electrons. The molecule has 6 aromatic carbocycles. The Labute approximate surface area is 371 Å². The molecule has 6 aromatic rings. The zero-order chi connectivity index (χ0) is 43.1. The first-order chi connectivity index (χ1) is 30.2. The van der Waals surface area contributed by atoms with E-state index in [9.17, 15) is 0 Å². The summed E-state index contributed by atoms with van der Waals surface area (Å²) in [6.07, 6.45) is 27.2. The van der Waals surface area contributed by atoms with Gasteiger partial charge in [-0.1, -0.05) is 198 Å². The van der Waals surface area contributed by atoms with Gasteiger partial charge in [-0.25, -0.2) is 0 Å².